The smallest absolute Gasteiger partial charge is 0.233 e. The summed E-state index contributed by atoms with van der Waals surface area (Å²) in [5.41, 5.74) is 0.178. The maximum atomic E-state index is 12.0. The summed E-state index contributed by atoms with van der Waals surface area (Å²) in [7, 11) is 0. The molecule has 0 radical (unpaired) electrons. The largest absolute Gasteiger partial charge is 0.395 e. The molecule has 0 aliphatic carbocycles. The maximum absolute atomic E-state index is 12.0. The van der Waals surface area contributed by atoms with Gasteiger partial charge in [-0.1, -0.05) is 13.8 Å². The van der Waals surface area contributed by atoms with Crippen LogP contribution in [0.5, 0.6) is 0 Å². The van der Waals surface area contributed by atoms with Crippen molar-refractivity contribution in [2.75, 3.05) is 26.4 Å². The second kappa shape index (κ2) is 4.74. The summed E-state index contributed by atoms with van der Waals surface area (Å²) in [6.45, 7) is 5.08. The first kappa shape index (κ1) is 13.1. The van der Waals surface area contributed by atoms with Crippen LogP contribution in [0.15, 0.2) is 18.3 Å². The number of amides is 1. The number of H-pyrrole nitrogens is 1. The Balaban J connectivity index is 1.93. The molecule has 1 aromatic rings. The summed E-state index contributed by atoms with van der Waals surface area (Å²) < 4.78 is 5.03. The molecule has 100 valence electrons. The summed E-state index contributed by atoms with van der Waals surface area (Å²) in [4.78, 5) is 15.2. The lowest BCUT2D eigenvalue weighted by atomic mass is 9.84. The molecule has 1 saturated heterocycles. The highest BCUT2D eigenvalue weighted by Crippen LogP contribution is 2.27. The number of nitrogens with one attached hydrogen (secondary N) is 2. The van der Waals surface area contributed by atoms with E-state index in [2.05, 4.69) is 24.1 Å². The zero-order chi connectivity index (χ0) is 13.2. The minimum atomic E-state index is -0.730. The van der Waals surface area contributed by atoms with Gasteiger partial charge in [-0.2, -0.15) is 0 Å². The van der Waals surface area contributed by atoms with E-state index in [9.17, 15) is 9.90 Å². The number of aliphatic hydroxyl groups excluding tert-OH is 1. The molecule has 5 heteroatoms. The van der Waals surface area contributed by atoms with E-state index in [4.69, 9.17) is 4.74 Å². The van der Waals surface area contributed by atoms with Crippen molar-refractivity contribution >= 4 is 5.91 Å². The molecule has 3 N–H and O–H groups in total. The van der Waals surface area contributed by atoms with Crippen LogP contribution in [-0.4, -0.2) is 42.4 Å². The molecule has 1 aromatic heterocycles. The predicted molar refractivity (Wildman–Crippen MR) is 67.2 cm³/mol. The summed E-state index contributed by atoms with van der Waals surface area (Å²) >= 11 is 0. The van der Waals surface area contributed by atoms with Gasteiger partial charge in [-0.25, -0.2) is 0 Å². The van der Waals surface area contributed by atoms with Crippen molar-refractivity contribution in [1.29, 1.82) is 0 Å². The molecule has 0 atom stereocenters. The molecule has 0 unspecified atom stereocenters. The average molecular weight is 252 g/mol. The summed E-state index contributed by atoms with van der Waals surface area (Å²) in [5, 5.41) is 12.2. The fourth-order valence-electron chi connectivity index (χ4n) is 1.98. The molecule has 1 fully saturated rings. The van der Waals surface area contributed by atoms with Crippen LogP contribution in [0.1, 0.15) is 19.5 Å². The lowest BCUT2D eigenvalue weighted by Gasteiger charge is -2.39. The molecule has 18 heavy (non-hydrogen) atoms. The number of hydrogen-bond acceptors (Lipinski definition) is 3. The third-order valence-electron chi connectivity index (χ3n) is 3.56. The zero-order valence-corrected chi connectivity index (χ0v) is 10.8. The van der Waals surface area contributed by atoms with Crippen LogP contribution in [0.4, 0.5) is 0 Å². The Hall–Kier alpha value is -1.33. The van der Waals surface area contributed by atoms with Crippen LogP contribution >= 0.6 is 0 Å². The van der Waals surface area contributed by atoms with Crippen LogP contribution in [0.25, 0.3) is 0 Å². The van der Waals surface area contributed by atoms with E-state index in [0.717, 1.165) is 5.69 Å². The molecule has 1 aliphatic rings. The Morgan fingerprint density at radius 1 is 1.61 bits per heavy atom. The van der Waals surface area contributed by atoms with E-state index in [1.54, 1.807) is 0 Å². The standard InChI is InChI=1S/C13H20N2O3/c1-12(2,10-4-3-5-14-10)6-15-11(17)13(7-16)8-18-9-13/h3-5,14,16H,6-9H2,1-2H3,(H,15,17). The highest BCUT2D eigenvalue weighted by molar-refractivity contribution is 5.84. The van der Waals surface area contributed by atoms with Gasteiger partial charge in [0.05, 0.1) is 19.8 Å². The van der Waals surface area contributed by atoms with Crippen molar-refractivity contribution in [3.8, 4) is 0 Å². The van der Waals surface area contributed by atoms with E-state index in [1.807, 2.05) is 18.3 Å². The Bertz CT molecular complexity index is 402. The van der Waals surface area contributed by atoms with Crippen LogP contribution in [0.3, 0.4) is 0 Å². The first-order valence-corrected chi connectivity index (χ1v) is 6.11. The predicted octanol–water partition coefficient (Wildman–Crippen LogP) is 0.417. The first-order chi connectivity index (χ1) is 8.50. The minimum Gasteiger partial charge on any atom is -0.395 e. The van der Waals surface area contributed by atoms with Gasteiger partial charge in [0.2, 0.25) is 5.91 Å². The van der Waals surface area contributed by atoms with Gasteiger partial charge >= 0.3 is 0 Å². The number of ether oxygens (including phenoxy) is 1. The second-order valence-electron chi connectivity index (χ2n) is 5.58. The highest BCUT2D eigenvalue weighted by atomic mass is 16.5. The van der Waals surface area contributed by atoms with Gasteiger partial charge in [-0.3, -0.25) is 4.79 Å². The summed E-state index contributed by atoms with van der Waals surface area (Å²) in [6, 6.07) is 3.94. The number of carbonyl (C=O) groups is 1. The lowest BCUT2D eigenvalue weighted by molar-refractivity contribution is -0.170. The quantitative estimate of drug-likeness (QED) is 0.711. The van der Waals surface area contributed by atoms with Crippen molar-refractivity contribution in [2.45, 2.75) is 19.3 Å². The third kappa shape index (κ3) is 2.28. The average Bonchev–Trinajstić information content (AvgIpc) is 2.80. The zero-order valence-electron chi connectivity index (χ0n) is 10.8. The number of rotatable bonds is 5. The number of aliphatic hydroxyl groups is 1. The fraction of sp³-hybridized carbons (Fsp3) is 0.615. The lowest BCUT2D eigenvalue weighted by Crippen LogP contribution is -2.57. The molecule has 0 bridgehead atoms. The highest BCUT2D eigenvalue weighted by Gasteiger charge is 2.45. The Morgan fingerprint density at radius 3 is 2.78 bits per heavy atom. The van der Waals surface area contributed by atoms with Crippen LogP contribution in [0, 0.1) is 5.41 Å². The molecular weight excluding hydrogens is 232 g/mol. The van der Waals surface area contributed by atoms with Gasteiger partial charge < -0.3 is 20.1 Å². The molecule has 0 saturated carbocycles. The molecule has 1 aliphatic heterocycles. The molecule has 0 aromatic carbocycles. The molecule has 5 nitrogen and oxygen atoms in total. The molecule has 2 rings (SSSR count). The van der Waals surface area contributed by atoms with Gasteiger partial charge in [0.1, 0.15) is 5.41 Å². The summed E-state index contributed by atoms with van der Waals surface area (Å²) in [6.07, 6.45) is 1.87. The summed E-state index contributed by atoms with van der Waals surface area (Å²) in [5.74, 6) is -0.129. The second-order valence-corrected chi connectivity index (χ2v) is 5.58. The van der Waals surface area contributed by atoms with Gasteiger partial charge in [0.15, 0.2) is 0 Å². The molecule has 0 spiro atoms. The van der Waals surface area contributed by atoms with E-state index in [-0.39, 0.29) is 17.9 Å². The van der Waals surface area contributed by atoms with Gasteiger partial charge in [0, 0.05) is 23.9 Å². The third-order valence-corrected chi connectivity index (χ3v) is 3.56. The van der Waals surface area contributed by atoms with Crippen molar-refractivity contribution in [3.05, 3.63) is 24.0 Å². The van der Waals surface area contributed by atoms with E-state index in [0.29, 0.717) is 19.8 Å². The topological polar surface area (TPSA) is 74.3 Å². The Morgan fingerprint density at radius 2 is 2.33 bits per heavy atom. The Kier molecular flexibility index (Phi) is 3.45. The van der Waals surface area contributed by atoms with Crippen LogP contribution < -0.4 is 5.32 Å². The first-order valence-electron chi connectivity index (χ1n) is 6.11. The van der Waals surface area contributed by atoms with E-state index >= 15 is 0 Å². The van der Waals surface area contributed by atoms with Crippen molar-refractivity contribution in [1.82, 2.24) is 10.3 Å². The number of hydrogen-bond donors (Lipinski definition) is 3. The van der Waals surface area contributed by atoms with Crippen LogP contribution in [0.2, 0.25) is 0 Å². The SMILES string of the molecule is CC(C)(CNC(=O)C1(CO)COC1)c1ccc[nH]1. The van der Waals surface area contributed by atoms with E-state index in [1.165, 1.54) is 0 Å². The monoisotopic (exact) mass is 252 g/mol. The normalized spacial score (nSPS) is 18.2. The van der Waals surface area contributed by atoms with Gasteiger partial charge in [-0.15, -0.1) is 0 Å². The Labute approximate surface area is 107 Å². The number of aromatic amines is 1. The number of carbonyl (C=O) groups excluding carboxylic acids is 1. The minimum absolute atomic E-state index is 0.129. The number of aromatic nitrogens is 1. The van der Waals surface area contributed by atoms with Crippen molar-refractivity contribution in [3.63, 3.8) is 0 Å². The molecule has 1 amide bonds. The fourth-order valence-corrected chi connectivity index (χ4v) is 1.98. The van der Waals surface area contributed by atoms with Crippen molar-refractivity contribution in [2.24, 2.45) is 5.41 Å². The maximum Gasteiger partial charge on any atom is 0.233 e. The molecule has 2 heterocycles. The van der Waals surface area contributed by atoms with Gasteiger partial charge in [0.25, 0.3) is 0 Å². The van der Waals surface area contributed by atoms with Crippen molar-refractivity contribution < 1.29 is 14.6 Å². The van der Waals surface area contributed by atoms with E-state index < -0.39 is 5.41 Å². The van der Waals surface area contributed by atoms with Crippen LogP contribution in [-0.2, 0) is 14.9 Å². The van der Waals surface area contributed by atoms with Gasteiger partial charge in [-0.05, 0) is 12.1 Å². The molecular formula is C13H20N2O3.